The van der Waals surface area contributed by atoms with Gasteiger partial charge in [-0.3, -0.25) is 0 Å². The molecule has 1 N–H and O–H groups in total. The van der Waals surface area contributed by atoms with E-state index in [4.69, 9.17) is 4.52 Å². The SMILES string of the molecule is Cc1ccc(-c2c(C)noc2C)cc1N(C)c1ccc(-c2cnc[nH]2)cc1. The second kappa shape index (κ2) is 6.76. The molecule has 0 saturated heterocycles. The molecular formula is C22H22N4O. The minimum atomic E-state index is 0.842. The lowest BCUT2D eigenvalue weighted by molar-refractivity contribution is 0.393. The number of hydrogen-bond acceptors (Lipinski definition) is 4. The molecule has 0 atom stereocenters. The van der Waals surface area contributed by atoms with E-state index in [1.54, 1.807) is 6.33 Å². The fraction of sp³-hybridized carbons (Fsp3) is 0.182. The normalized spacial score (nSPS) is 11.0. The maximum atomic E-state index is 5.34. The van der Waals surface area contributed by atoms with Gasteiger partial charge in [0.2, 0.25) is 0 Å². The maximum absolute atomic E-state index is 5.34. The molecule has 4 rings (SSSR count). The highest BCUT2D eigenvalue weighted by Gasteiger charge is 2.15. The fourth-order valence-corrected chi connectivity index (χ4v) is 3.44. The van der Waals surface area contributed by atoms with Gasteiger partial charge in [0.1, 0.15) is 5.76 Å². The number of nitrogens with zero attached hydrogens (tertiary/aromatic N) is 3. The summed E-state index contributed by atoms with van der Waals surface area (Å²) in [6, 6.07) is 14.9. The highest BCUT2D eigenvalue weighted by molar-refractivity contribution is 5.76. The Labute approximate surface area is 158 Å². The minimum absolute atomic E-state index is 0.842. The van der Waals surface area contributed by atoms with Crippen LogP contribution in [0.4, 0.5) is 11.4 Å². The lowest BCUT2D eigenvalue weighted by Gasteiger charge is -2.23. The third-order valence-corrected chi connectivity index (χ3v) is 4.96. The second-order valence-corrected chi connectivity index (χ2v) is 6.77. The van der Waals surface area contributed by atoms with Crippen LogP contribution in [-0.2, 0) is 0 Å². The molecule has 0 unspecified atom stereocenters. The van der Waals surface area contributed by atoms with Crippen LogP contribution in [0.15, 0.2) is 59.5 Å². The molecule has 0 saturated carbocycles. The molecule has 27 heavy (non-hydrogen) atoms. The zero-order chi connectivity index (χ0) is 19.0. The molecule has 0 spiro atoms. The van der Waals surface area contributed by atoms with Gasteiger partial charge in [0, 0.05) is 24.0 Å². The molecule has 0 fully saturated rings. The fourth-order valence-electron chi connectivity index (χ4n) is 3.44. The Bertz CT molecular complexity index is 1040. The van der Waals surface area contributed by atoms with Crippen molar-refractivity contribution in [2.45, 2.75) is 20.8 Å². The summed E-state index contributed by atoms with van der Waals surface area (Å²) in [6.45, 7) is 6.05. The number of hydrogen-bond donors (Lipinski definition) is 1. The standard InChI is InChI=1S/C22H22N4O/c1-14-5-6-18(22-15(2)25-27-16(22)3)11-21(14)26(4)19-9-7-17(8-10-19)20-12-23-13-24-20/h5-13H,1-4H3,(H,23,24). The Morgan fingerprint density at radius 2 is 1.70 bits per heavy atom. The number of nitrogens with one attached hydrogen (secondary N) is 1. The molecule has 0 aliphatic rings. The predicted molar refractivity (Wildman–Crippen MR) is 108 cm³/mol. The van der Waals surface area contributed by atoms with Gasteiger partial charge in [-0.15, -0.1) is 0 Å². The van der Waals surface area contributed by atoms with Crippen LogP contribution in [-0.4, -0.2) is 22.2 Å². The van der Waals surface area contributed by atoms with Gasteiger partial charge in [-0.1, -0.05) is 29.4 Å². The van der Waals surface area contributed by atoms with E-state index >= 15 is 0 Å². The monoisotopic (exact) mass is 358 g/mol. The molecule has 5 nitrogen and oxygen atoms in total. The van der Waals surface area contributed by atoms with E-state index < -0.39 is 0 Å². The van der Waals surface area contributed by atoms with Crippen molar-refractivity contribution in [2.24, 2.45) is 0 Å². The lowest BCUT2D eigenvalue weighted by atomic mass is 10.0. The first-order valence-corrected chi connectivity index (χ1v) is 8.91. The zero-order valence-corrected chi connectivity index (χ0v) is 15.9. The Morgan fingerprint density at radius 3 is 2.33 bits per heavy atom. The molecule has 2 aromatic carbocycles. The molecule has 5 heteroatoms. The third kappa shape index (κ3) is 3.12. The van der Waals surface area contributed by atoms with Crippen LogP contribution in [0.5, 0.6) is 0 Å². The van der Waals surface area contributed by atoms with Crippen LogP contribution in [0.2, 0.25) is 0 Å². The van der Waals surface area contributed by atoms with Crippen molar-refractivity contribution in [2.75, 3.05) is 11.9 Å². The average Bonchev–Trinajstić information content (AvgIpc) is 3.32. The van der Waals surface area contributed by atoms with E-state index in [0.717, 1.165) is 45.2 Å². The number of imidazole rings is 1. The number of anilines is 2. The minimum Gasteiger partial charge on any atom is -0.361 e. The highest BCUT2D eigenvalue weighted by Crippen LogP contribution is 2.34. The molecule has 2 heterocycles. The van der Waals surface area contributed by atoms with Crippen LogP contribution >= 0.6 is 0 Å². The quantitative estimate of drug-likeness (QED) is 0.529. The van der Waals surface area contributed by atoms with E-state index in [2.05, 4.69) is 76.5 Å². The molecule has 136 valence electrons. The van der Waals surface area contributed by atoms with Crippen molar-refractivity contribution in [3.63, 3.8) is 0 Å². The summed E-state index contributed by atoms with van der Waals surface area (Å²) in [6.07, 6.45) is 3.52. The average molecular weight is 358 g/mol. The van der Waals surface area contributed by atoms with Gasteiger partial charge in [0.25, 0.3) is 0 Å². The topological polar surface area (TPSA) is 58.0 Å². The second-order valence-electron chi connectivity index (χ2n) is 6.77. The van der Waals surface area contributed by atoms with Gasteiger partial charge < -0.3 is 14.4 Å². The van der Waals surface area contributed by atoms with E-state index in [9.17, 15) is 0 Å². The van der Waals surface area contributed by atoms with Gasteiger partial charge in [-0.2, -0.15) is 0 Å². The van der Waals surface area contributed by atoms with Crippen LogP contribution in [0, 0.1) is 20.8 Å². The Hall–Kier alpha value is -3.34. The molecule has 0 bridgehead atoms. The van der Waals surface area contributed by atoms with E-state index in [1.165, 1.54) is 5.56 Å². The number of benzene rings is 2. The number of aryl methyl sites for hydroxylation is 3. The highest BCUT2D eigenvalue weighted by atomic mass is 16.5. The summed E-state index contributed by atoms with van der Waals surface area (Å²) in [7, 11) is 2.09. The van der Waals surface area contributed by atoms with Gasteiger partial charge in [0.05, 0.1) is 23.9 Å². The van der Waals surface area contributed by atoms with Crippen molar-refractivity contribution >= 4 is 11.4 Å². The molecule has 0 radical (unpaired) electrons. The zero-order valence-electron chi connectivity index (χ0n) is 15.9. The van der Waals surface area contributed by atoms with Crippen molar-refractivity contribution in [1.29, 1.82) is 0 Å². The summed E-state index contributed by atoms with van der Waals surface area (Å²) < 4.78 is 5.34. The molecule has 2 aromatic heterocycles. The Balaban J connectivity index is 1.69. The van der Waals surface area contributed by atoms with Crippen molar-refractivity contribution in [3.05, 3.63) is 72.0 Å². The Morgan fingerprint density at radius 1 is 0.963 bits per heavy atom. The van der Waals surface area contributed by atoms with Crippen molar-refractivity contribution in [1.82, 2.24) is 15.1 Å². The van der Waals surface area contributed by atoms with E-state index in [1.807, 2.05) is 20.0 Å². The molecule has 0 aliphatic carbocycles. The maximum Gasteiger partial charge on any atom is 0.141 e. The van der Waals surface area contributed by atoms with E-state index in [-0.39, 0.29) is 0 Å². The summed E-state index contributed by atoms with van der Waals surface area (Å²) in [5, 5.41) is 4.09. The lowest BCUT2D eigenvalue weighted by Crippen LogP contribution is -2.11. The van der Waals surface area contributed by atoms with Gasteiger partial charge in [-0.05, 0) is 55.7 Å². The summed E-state index contributed by atoms with van der Waals surface area (Å²) >= 11 is 0. The first-order chi connectivity index (χ1) is 13.0. The molecule has 4 aromatic rings. The van der Waals surface area contributed by atoms with Gasteiger partial charge in [-0.25, -0.2) is 4.98 Å². The first-order valence-electron chi connectivity index (χ1n) is 8.91. The van der Waals surface area contributed by atoms with Gasteiger partial charge in [0.15, 0.2) is 0 Å². The summed E-state index contributed by atoms with van der Waals surface area (Å²) in [5.41, 5.74) is 8.72. The van der Waals surface area contributed by atoms with Crippen molar-refractivity contribution < 1.29 is 4.52 Å². The van der Waals surface area contributed by atoms with Crippen LogP contribution in [0.3, 0.4) is 0 Å². The first kappa shape index (κ1) is 17.1. The summed E-state index contributed by atoms with van der Waals surface area (Å²) in [4.78, 5) is 9.42. The van der Waals surface area contributed by atoms with Crippen LogP contribution in [0.25, 0.3) is 22.4 Å². The Kier molecular flexibility index (Phi) is 4.28. The smallest absolute Gasteiger partial charge is 0.141 e. The number of H-pyrrole nitrogens is 1. The molecule has 0 aliphatic heterocycles. The van der Waals surface area contributed by atoms with Crippen LogP contribution < -0.4 is 4.90 Å². The number of aromatic amines is 1. The van der Waals surface area contributed by atoms with E-state index in [0.29, 0.717) is 0 Å². The van der Waals surface area contributed by atoms with Crippen molar-refractivity contribution in [3.8, 4) is 22.4 Å². The predicted octanol–water partition coefficient (Wildman–Crippen LogP) is 5.42. The van der Waals surface area contributed by atoms with Gasteiger partial charge >= 0.3 is 0 Å². The molecular weight excluding hydrogens is 336 g/mol. The number of aromatic nitrogens is 3. The largest absolute Gasteiger partial charge is 0.361 e. The summed E-state index contributed by atoms with van der Waals surface area (Å²) in [5.74, 6) is 0.842. The molecule has 0 amide bonds. The van der Waals surface area contributed by atoms with Crippen LogP contribution in [0.1, 0.15) is 17.0 Å². The number of rotatable bonds is 4. The third-order valence-electron chi connectivity index (χ3n) is 4.96.